The number of fused-ring (bicyclic) bond motifs is 1. The normalized spacial score (nSPS) is 10.7. The molecule has 0 aliphatic carbocycles. The maximum Gasteiger partial charge on any atom is 0.123 e. The molecule has 0 aliphatic heterocycles. The number of thiophene rings is 1. The van der Waals surface area contributed by atoms with Crippen LogP contribution in [0.2, 0.25) is 0 Å². The van der Waals surface area contributed by atoms with Crippen molar-refractivity contribution < 1.29 is 9.84 Å². The summed E-state index contributed by atoms with van der Waals surface area (Å²) in [6, 6.07) is 14.7. The first-order valence-corrected chi connectivity index (χ1v) is 6.73. The van der Waals surface area contributed by atoms with Crippen LogP contribution < -0.4 is 10.5 Å². The molecular weight excluding hydrogens is 258 g/mol. The molecule has 19 heavy (non-hydrogen) atoms. The Balaban J connectivity index is 1.80. The van der Waals surface area contributed by atoms with E-state index in [-0.39, 0.29) is 5.75 Å². The highest BCUT2D eigenvalue weighted by atomic mass is 32.1. The van der Waals surface area contributed by atoms with Gasteiger partial charge in [0.2, 0.25) is 0 Å². The van der Waals surface area contributed by atoms with Crippen LogP contribution in [-0.4, -0.2) is 5.11 Å². The van der Waals surface area contributed by atoms with E-state index in [4.69, 9.17) is 10.5 Å². The van der Waals surface area contributed by atoms with Crippen molar-refractivity contribution in [1.82, 2.24) is 0 Å². The van der Waals surface area contributed by atoms with Gasteiger partial charge in [0.1, 0.15) is 18.1 Å². The third-order valence-electron chi connectivity index (χ3n) is 2.84. The van der Waals surface area contributed by atoms with Crippen LogP contribution in [-0.2, 0) is 6.61 Å². The van der Waals surface area contributed by atoms with Crippen LogP contribution in [0.25, 0.3) is 10.1 Å². The van der Waals surface area contributed by atoms with Gasteiger partial charge in [-0.05, 0) is 30.3 Å². The molecule has 0 unspecified atom stereocenters. The second-order valence-corrected chi connectivity index (χ2v) is 5.43. The first-order chi connectivity index (χ1) is 9.22. The van der Waals surface area contributed by atoms with E-state index in [2.05, 4.69) is 6.07 Å². The number of benzene rings is 2. The SMILES string of the molecule is Nc1cccc2sc(COc3cccc(O)c3)cc12. The molecular formula is C15H13NO2S. The van der Waals surface area contributed by atoms with Gasteiger partial charge in [0.15, 0.2) is 0 Å². The van der Waals surface area contributed by atoms with Crippen LogP contribution in [0.3, 0.4) is 0 Å². The first-order valence-electron chi connectivity index (χ1n) is 5.91. The molecule has 0 saturated heterocycles. The lowest BCUT2D eigenvalue weighted by atomic mass is 10.2. The second-order valence-electron chi connectivity index (χ2n) is 4.26. The highest BCUT2D eigenvalue weighted by Gasteiger charge is 2.05. The predicted molar refractivity (Wildman–Crippen MR) is 78.7 cm³/mol. The summed E-state index contributed by atoms with van der Waals surface area (Å²) in [4.78, 5) is 1.11. The molecule has 3 rings (SSSR count). The fourth-order valence-corrected chi connectivity index (χ4v) is 2.95. The number of nitrogen functional groups attached to an aromatic ring is 1. The van der Waals surface area contributed by atoms with Crippen molar-refractivity contribution in [3.8, 4) is 11.5 Å². The van der Waals surface area contributed by atoms with Crippen LogP contribution in [0.1, 0.15) is 4.88 Å². The van der Waals surface area contributed by atoms with Crippen LogP contribution in [0.4, 0.5) is 5.69 Å². The number of anilines is 1. The van der Waals surface area contributed by atoms with Gasteiger partial charge in [-0.3, -0.25) is 0 Å². The molecule has 4 heteroatoms. The molecule has 96 valence electrons. The van der Waals surface area contributed by atoms with Gasteiger partial charge in [-0.25, -0.2) is 0 Å². The number of rotatable bonds is 3. The van der Waals surface area contributed by atoms with Crippen molar-refractivity contribution in [2.45, 2.75) is 6.61 Å². The number of phenols is 1. The van der Waals surface area contributed by atoms with Crippen molar-refractivity contribution >= 4 is 27.1 Å². The number of aromatic hydroxyl groups is 1. The third-order valence-corrected chi connectivity index (χ3v) is 3.92. The lowest BCUT2D eigenvalue weighted by Gasteiger charge is -2.04. The second kappa shape index (κ2) is 4.82. The molecule has 2 aromatic carbocycles. The van der Waals surface area contributed by atoms with Gasteiger partial charge in [0.05, 0.1) is 0 Å². The molecule has 3 aromatic rings. The summed E-state index contributed by atoms with van der Waals surface area (Å²) in [7, 11) is 0. The van der Waals surface area contributed by atoms with E-state index in [1.165, 1.54) is 0 Å². The number of nitrogens with two attached hydrogens (primary N) is 1. The summed E-state index contributed by atoms with van der Waals surface area (Å²) in [5, 5.41) is 10.4. The molecule has 1 heterocycles. The number of phenolic OH excluding ortho intramolecular Hbond substituents is 1. The van der Waals surface area contributed by atoms with Gasteiger partial charge in [-0.15, -0.1) is 11.3 Å². The molecule has 0 fully saturated rings. The van der Waals surface area contributed by atoms with Gasteiger partial charge < -0.3 is 15.6 Å². The van der Waals surface area contributed by atoms with Crippen molar-refractivity contribution in [1.29, 1.82) is 0 Å². The van der Waals surface area contributed by atoms with E-state index < -0.39 is 0 Å². The van der Waals surface area contributed by atoms with Gasteiger partial charge in [0, 0.05) is 26.7 Å². The van der Waals surface area contributed by atoms with E-state index in [1.54, 1.807) is 29.5 Å². The number of ether oxygens (including phenoxy) is 1. The summed E-state index contributed by atoms with van der Waals surface area (Å²) >= 11 is 1.67. The summed E-state index contributed by atoms with van der Waals surface area (Å²) in [6.45, 7) is 0.474. The van der Waals surface area contributed by atoms with Crippen LogP contribution in [0.15, 0.2) is 48.5 Å². The van der Waals surface area contributed by atoms with E-state index in [0.29, 0.717) is 12.4 Å². The maximum absolute atomic E-state index is 9.37. The van der Waals surface area contributed by atoms with Crippen LogP contribution in [0, 0.1) is 0 Å². The Morgan fingerprint density at radius 1 is 1.11 bits per heavy atom. The Morgan fingerprint density at radius 3 is 2.74 bits per heavy atom. The van der Waals surface area contributed by atoms with Gasteiger partial charge in [0.25, 0.3) is 0 Å². The fraction of sp³-hybridized carbons (Fsp3) is 0.0667. The minimum absolute atomic E-state index is 0.207. The van der Waals surface area contributed by atoms with Crippen molar-refractivity contribution in [2.24, 2.45) is 0 Å². The zero-order valence-electron chi connectivity index (χ0n) is 10.2. The van der Waals surface area contributed by atoms with Crippen molar-refractivity contribution in [3.05, 3.63) is 53.4 Å². The zero-order valence-corrected chi connectivity index (χ0v) is 11.0. The number of hydrogen-bond donors (Lipinski definition) is 2. The Labute approximate surface area is 114 Å². The molecule has 0 amide bonds. The molecule has 0 radical (unpaired) electrons. The largest absolute Gasteiger partial charge is 0.508 e. The summed E-state index contributed by atoms with van der Waals surface area (Å²) in [5.74, 6) is 0.864. The van der Waals surface area contributed by atoms with Gasteiger partial charge in [-0.1, -0.05) is 12.1 Å². The van der Waals surface area contributed by atoms with E-state index >= 15 is 0 Å². The van der Waals surface area contributed by atoms with Gasteiger partial charge >= 0.3 is 0 Å². The molecule has 3 nitrogen and oxygen atoms in total. The smallest absolute Gasteiger partial charge is 0.123 e. The molecule has 1 aromatic heterocycles. The van der Waals surface area contributed by atoms with Crippen molar-refractivity contribution in [3.63, 3.8) is 0 Å². The molecule has 0 spiro atoms. The lowest BCUT2D eigenvalue weighted by molar-refractivity contribution is 0.308. The average molecular weight is 271 g/mol. The zero-order chi connectivity index (χ0) is 13.2. The molecule has 0 atom stereocenters. The Bertz CT molecular complexity index is 721. The summed E-state index contributed by atoms with van der Waals surface area (Å²) < 4.78 is 6.81. The van der Waals surface area contributed by atoms with Crippen molar-refractivity contribution in [2.75, 3.05) is 5.73 Å². The quantitative estimate of drug-likeness (QED) is 0.713. The minimum Gasteiger partial charge on any atom is -0.508 e. The highest BCUT2D eigenvalue weighted by Crippen LogP contribution is 2.30. The maximum atomic E-state index is 9.37. The molecule has 0 saturated carbocycles. The molecule has 0 bridgehead atoms. The predicted octanol–water partition coefficient (Wildman–Crippen LogP) is 3.77. The summed E-state index contributed by atoms with van der Waals surface area (Å²) in [6.07, 6.45) is 0. The Morgan fingerprint density at radius 2 is 1.95 bits per heavy atom. The van der Waals surface area contributed by atoms with Crippen LogP contribution in [0.5, 0.6) is 11.5 Å². The number of hydrogen-bond acceptors (Lipinski definition) is 4. The Hall–Kier alpha value is -2.20. The van der Waals surface area contributed by atoms with E-state index in [1.807, 2.05) is 24.3 Å². The highest BCUT2D eigenvalue weighted by molar-refractivity contribution is 7.19. The third kappa shape index (κ3) is 2.48. The topological polar surface area (TPSA) is 55.5 Å². The Kier molecular flexibility index (Phi) is 3.01. The first kappa shape index (κ1) is 11.9. The van der Waals surface area contributed by atoms with Gasteiger partial charge in [-0.2, -0.15) is 0 Å². The minimum atomic E-state index is 0.207. The van der Waals surface area contributed by atoms with Crippen LogP contribution >= 0.6 is 11.3 Å². The lowest BCUT2D eigenvalue weighted by Crippen LogP contribution is -1.92. The van der Waals surface area contributed by atoms with E-state index in [9.17, 15) is 5.11 Å². The standard InChI is InChI=1S/C15H13NO2S/c16-14-5-2-6-15-13(14)8-12(19-15)9-18-11-4-1-3-10(17)7-11/h1-8,17H,9,16H2. The molecule has 3 N–H and O–H groups in total. The monoisotopic (exact) mass is 271 g/mol. The summed E-state index contributed by atoms with van der Waals surface area (Å²) in [5.41, 5.74) is 6.72. The van der Waals surface area contributed by atoms with E-state index in [0.717, 1.165) is 20.7 Å². The molecule has 0 aliphatic rings. The average Bonchev–Trinajstić information content (AvgIpc) is 2.81. The fourth-order valence-electron chi connectivity index (χ4n) is 1.94.